The number of nitrogens with one attached hydrogen (secondary N) is 2. The number of anilines is 1. The van der Waals surface area contributed by atoms with E-state index in [1.165, 1.54) is 0 Å². The minimum Gasteiger partial charge on any atom is -0.497 e. The Balaban J connectivity index is 1.49. The summed E-state index contributed by atoms with van der Waals surface area (Å²) in [7, 11) is 1.58. The van der Waals surface area contributed by atoms with Gasteiger partial charge in [-0.15, -0.1) is 11.8 Å². The highest BCUT2D eigenvalue weighted by molar-refractivity contribution is 8.02. The summed E-state index contributed by atoms with van der Waals surface area (Å²) in [6.07, 6.45) is 1.95. The average Bonchev–Trinajstić information content (AvgIpc) is 3.52. The fraction of sp³-hybridized carbons (Fsp3) is 0.516. The van der Waals surface area contributed by atoms with Crippen molar-refractivity contribution in [3.63, 3.8) is 0 Å². The highest BCUT2D eigenvalue weighted by Crippen LogP contribution is 2.71. The molecule has 0 saturated carbocycles. The highest BCUT2D eigenvalue weighted by Gasteiger charge is 2.77. The molecule has 3 heterocycles. The Morgan fingerprint density at radius 1 is 1.10 bits per heavy atom. The lowest BCUT2D eigenvalue weighted by molar-refractivity contribution is -0.143. The summed E-state index contributed by atoms with van der Waals surface area (Å²) in [5.41, 5.74) is 1.59. The second-order valence-corrected chi connectivity index (χ2v) is 13.8. The number of carbonyl (C=O) groups is 3. The monoisotopic (exact) mass is 565 g/mol. The third-order valence-corrected chi connectivity index (χ3v) is 10.7. The van der Waals surface area contributed by atoms with E-state index in [4.69, 9.17) is 4.74 Å². The summed E-state index contributed by atoms with van der Waals surface area (Å²) < 4.78 is 4.03. The van der Waals surface area contributed by atoms with Crippen LogP contribution in [0.15, 0.2) is 54.6 Å². The average molecular weight is 566 g/mol. The van der Waals surface area contributed by atoms with Gasteiger partial charge >= 0.3 is 0 Å². The third-order valence-electron chi connectivity index (χ3n) is 8.76. The van der Waals surface area contributed by atoms with E-state index in [1.807, 2.05) is 44.2 Å². The second-order valence-electron chi connectivity index (χ2n) is 11.9. The molecule has 3 saturated heterocycles. The van der Waals surface area contributed by atoms with Crippen molar-refractivity contribution in [3.8, 4) is 5.75 Å². The van der Waals surface area contributed by atoms with Crippen LogP contribution in [0, 0.1) is 17.8 Å². The molecule has 2 aromatic carbocycles. The number of ether oxygens (including phenoxy) is 1. The Labute approximate surface area is 240 Å². The van der Waals surface area contributed by atoms with Crippen LogP contribution in [0.25, 0.3) is 0 Å². The van der Waals surface area contributed by atoms with Crippen LogP contribution in [-0.4, -0.2) is 63.0 Å². The van der Waals surface area contributed by atoms with E-state index in [1.54, 1.807) is 48.0 Å². The number of thioether (sulfide) groups is 1. The van der Waals surface area contributed by atoms with E-state index < -0.39 is 33.4 Å². The smallest absolute Gasteiger partial charge is 0.248 e. The van der Waals surface area contributed by atoms with Crippen molar-refractivity contribution in [2.45, 2.75) is 68.2 Å². The molecule has 2 aromatic rings. The maximum Gasteiger partial charge on any atom is 0.248 e. The molecular weight excluding hydrogens is 526 g/mol. The van der Waals surface area contributed by atoms with Crippen LogP contribution < -0.4 is 15.4 Å². The summed E-state index contributed by atoms with van der Waals surface area (Å²) in [6, 6.07) is 15.5. The molecule has 3 fully saturated rings. The van der Waals surface area contributed by atoms with Gasteiger partial charge in [0.1, 0.15) is 11.8 Å². The van der Waals surface area contributed by atoms with E-state index >= 15 is 0 Å². The van der Waals surface area contributed by atoms with Crippen LogP contribution in [0.3, 0.4) is 0 Å². The maximum absolute atomic E-state index is 14.4. The van der Waals surface area contributed by atoms with Gasteiger partial charge in [0.25, 0.3) is 0 Å². The zero-order valence-electron chi connectivity index (χ0n) is 23.6. The Hall–Kier alpha value is -3.04. The fourth-order valence-electron chi connectivity index (χ4n) is 7.06. The summed E-state index contributed by atoms with van der Waals surface area (Å²) in [6.45, 7) is 6.27. The minimum absolute atomic E-state index is 0.153. The van der Waals surface area contributed by atoms with E-state index in [-0.39, 0.29) is 30.2 Å². The molecule has 214 valence electrons. The van der Waals surface area contributed by atoms with E-state index in [0.717, 1.165) is 12.0 Å². The molecule has 1 spiro atoms. The van der Waals surface area contributed by atoms with Gasteiger partial charge in [-0.3, -0.25) is 14.4 Å². The first-order valence-electron chi connectivity index (χ1n) is 14.0. The van der Waals surface area contributed by atoms with Crippen LogP contribution in [0.5, 0.6) is 5.75 Å². The Morgan fingerprint density at radius 2 is 1.80 bits per heavy atom. The molecular formula is C31H39N3O5S. The predicted octanol–water partition coefficient (Wildman–Crippen LogP) is 3.84. The number of amides is 3. The molecule has 40 heavy (non-hydrogen) atoms. The lowest BCUT2D eigenvalue weighted by Crippen LogP contribution is -2.55. The molecule has 5 rings (SSSR count). The summed E-state index contributed by atoms with van der Waals surface area (Å²) in [5, 5.41) is 16.5. The number of hydrogen-bond acceptors (Lipinski definition) is 6. The zero-order valence-corrected chi connectivity index (χ0v) is 24.4. The first-order chi connectivity index (χ1) is 19.1. The fourth-order valence-corrected chi connectivity index (χ4v) is 9.40. The second kappa shape index (κ2) is 11.1. The molecule has 0 radical (unpaired) electrons. The van der Waals surface area contributed by atoms with Gasteiger partial charge in [-0.05, 0) is 61.9 Å². The van der Waals surface area contributed by atoms with Crippen LogP contribution in [-0.2, 0) is 20.9 Å². The van der Waals surface area contributed by atoms with Crippen molar-refractivity contribution < 1.29 is 24.2 Å². The number of methoxy groups -OCH3 is 1. The number of rotatable bonds is 10. The van der Waals surface area contributed by atoms with E-state index in [9.17, 15) is 19.5 Å². The molecule has 0 aromatic heterocycles. The largest absolute Gasteiger partial charge is 0.497 e. The summed E-state index contributed by atoms with van der Waals surface area (Å²) >= 11 is 1.63. The number of benzene rings is 2. The number of fused-ring (bicyclic) bond motifs is 1. The van der Waals surface area contributed by atoms with Gasteiger partial charge in [-0.25, -0.2) is 0 Å². The number of nitrogens with zero attached hydrogens (tertiary/aromatic N) is 1. The molecule has 2 bridgehead atoms. The molecule has 6 atom stereocenters. The number of aliphatic hydroxyl groups is 1. The van der Waals surface area contributed by atoms with Crippen LogP contribution >= 0.6 is 11.8 Å². The standard InChI is InChI=1S/C31H39N3O5S/c1-19(2)16-22(18-35)34-26(28(37)33-21-10-12-23(39-4)13-11-21)31-15-14-30(3,40-31)24(25(31)29(34)38)27(36)32-17-20-8-6-5-7-9-20/h5-13,19,22,24-26,35H,14-18H2,1-4H3,(H,32,36)(H,33,37)/t22-,24-,25+,26?,30+,31?/m1/s1. The van der Waals surface area contributed by atoms with Gasteiger partial charge in [0, 0.05) is 17.0 Å². The first kappa shape index (κ1) is 28.5. The van der Waals surface area contributed by atoms with Crippen LogP contribution in [0.1, 0.15) is 45.6 Å². The SMILES string of the molecule is COc1ccc(NC(=O)C2N([C@@H](CO)CC(C)C)C(=O)[C@@H]3[C@H](C(=O)NCc4ccccc4)[C@]4(C)CCC23S4)cc1. The van der Waals surface area contributed by atoms with Crippen molar-refractivity contribution in [1.82, 2.24) is 10.2 Å². The molecule has 3 amide bonds. The van der Waals surface area contributed by atoms with Crippen molar-refractivity contribution >= 4 is 35.2 Å². The molecule has 3 aliphatic heterocycles. The zero-order chi connectivity index (χ0) is 28.7. The normalized spacial score (nSPS) is 29.4. The number of hydrogen-bond donors (Lipinski definition) is 3. The lowest BCUT2D eigenvalue weighted by Gasteiger charge is -2.37. The topological polar surface area (TPSA) is 108 Å². The van der Waals surface area contributed by atoms with E-state index in [0.29, 0.717) is 30.8 Å². The van der Waals surface area contributed by atoms with Crippen LogP contribution in [0.4, 0.5) is 5.69 Å². The Bertz CT molecular complexity index is 1260. The predicted molar refractivity (Wildman–Crippen MR) is 156 cm³/mol. The van der Waals surface area contributed by atoms with Gasteiger partial charge < -0.3 is 25.4 Å². The molecule has 3 aliphatic rings. The number of carbonyl (C=O) groups excluding carboxylic acids is 3. The van der Waals surface area contributed by atoms with Crippen molar-refractivity contribution in [2.75, 3.05) is 19.0 Å². The summed E-state index contributed by atoms with van der Waals surface area (Å²) in [4.78, 5) is 43.9. The number of aliphatic hydroxyl groups excluding tert-OH is 1. The molecule has 8 nitrogen and oxygen atoms in total. The third kappa shape index (κ3) is 4.87. The van der Waals surface area contributed by atoms with E-state index in [2.05, 4.69) is 17.6 Å². The summed E-state index contributed by atoms with van der Waals surface area (Å²) in [5.74, 6) is -0.967. The molecule has 3 N–H and O–H groups in total. The molecule has 2 unspecified atom stereocenters. The molecule has 0 aliphatic carbocycles. The maximum atomic E-state index is 14.4. The minimum atomic E-state index is -0.804. The van der Waals surface area contributed by atoms with Crippen LogP contribution in [0.2, 0.25) is 0 Å². The highest BCUT2D eigenvalue weighted by atomic mass is 32.2. The van der Waals surface area contributed by atoms with Crippen molar-refractivity contribution in [3.05, 3.63) is 60.2 Å². The number of likely N-dealkylation sites (tertiary alicyclic amines) is 1. The van der Waals surface area contributed by atoms with Crippen molar-refractivity contribution in [2.24, 2.45) is 17.8 Å². The quantitative estimate of drug-likeness (QED) is 0.404. The Morgan fingerprint density at radius 3 is 2.42 bits per heavy atom. The van der Waals surface area contributed by atoms with Gasteiger partial charge in [0.15, 0.2) is 0 Å². The molecule has 9 heteroatoms. The van der Waals surface area contributed by atoms with Gasteiger partial charge in [-0.1, -0.05) is 44.2 Å². The van der Waals surface area contributed by atoms with Crippen molar-refractivity contribution in [1.29, 1.82) is 0 Å². The Kier molecular flexibility index (Phi) is 7.90. The lowest BCUT2D eigenvalue weighted by atomic mass is 9.66. The first-order valence-corrected chi connectivity index (χ1v) is 14.8. The van der Waals surface area contributed by atoms with Gasteiger partial charge in [0.2, 0.25) is 17.7 Å². The van der Waals surface area contributed by atoms with Gasteiger partial charge in [0.05, 0.1) is 36.3 Å². The van der Waals surface area contributed by atoms with Gasteiger partial charge in [-0.2, -0.15) is 0 Å².